The van der Waals surface area contributed by atoms with Crippen LogP contribution in [-0.2, 0) is 0 Å². The molecule has 0 bridgehead atoms. The molecule has 0 spiro atoms. The predicted molar refractivity (Wildman–Crippen MR) is 100 cm³/mol. The zero-order valence-electron chi connectivity index (χ0n) is 13.4. The van der Waals surface area contributed by atoms with Crippen molar-refractivity contribution in [2.45, 2.75) is 77.2 Å². The summed E-state index contributed by atoms with van der Waals surface area (Å²) in [7, 11) is 0. The number of unbranched alkanes of at least 4 members (excludes halogenated alkanes) is 9. The Kier molecular flexibility index (Phi) is 10.5. The van der Waals surface area contributed by atoms with Gasteiger partial charge < -0.3 is 0 Å². The number of halogens is 2. The third kappa shape index (κ3) is 8.90. The van der Waals surface area contributed by atoms with Gasteiger partial charge in [0.15, 0.2) is 0 Å². The first kappa shape index (κ1) is 19.1. The van der Waals surface area contributed by atoms with Crippen molar-refractivity contribution in [1.82, 2.24) is 0 Å². The Hall–Kier alpha value is 0.0169. The highest BCUT2D eigenvalue weighted by Crippen LogP contribution is 2.24. The van der Waals surface area contributed by atoms with Gasteiger partial charge in [0.1, 0.15) is 0 Å². The maximum absolute atomic E-state index is 6.58. The maximum Gasteiger partial charge on any atom is 0.280 e. The molecule has 0 amide bonds. The molecule has 120 valence electrons. The fourth-order valence-electron chi connectivity index (χ4n) is 2.66. The van der Waals surface area contributed by atoms with Crippen molar-refractivity contribution >= 4 is 34.0 Å². The minimum Gasteiger partial charge on any atom is -0.140 e. The van der Waals surface area contributed by atoms with E-state index in [-0.39, 0.29) is 0 Å². The van der Waals surface area contributed by atoms with Crippen molar-refractivity contribution < 1.29 is 0 Å². The third-order valence-electron chi connectivity index (χ3n) is 4.04. The van der Waals surface area contributed by atoms with Crippen LogP contribution in [0.5, 0.6) is 0 Å². The first-order valence-corrected chi connectivity index (χ1v) is 12.8. The summed E-state index contributed by atoms with van der Waals surface area (Å²) in [4.78, 5) is 0. The van der Waals surface area contributed by atoms with Crippen LogP contribution in [0.1, 0.15) is 71.1 Å². The molecule has 0 heterocycles. The van der Waals surface area contributed by atoms with Gasteiger partial charge in [-0.2, -0.15) is 0 Å². The molecule has 21 heavy (non-hydrogen) atoms. The highest BCUT2D eigenvalue weighted by atomic mass is 35.7. The molecule has 3 heteroatoms. The zero-order chi connectivity index (χ0) is 15.4. The Morgan fingerprint density at radius 2 is 1.19 bits per heavy atom. The molecule has 0 fully saturated rings. The van der Waals surface area contributed by atoms with E-state index in [1.807, 2.05) is 18.2 Å². The molecule has 0 aromatic heterocycles. The van der Waals surface area contributed by atoms with Crippen LogP contribution in [0.2, 0.25) is 6.04 Å². The maximum atomic E-state index is 6.58. The van der Waals surface area contributed by atoms with Crippen molar-refractivity contribution in [2.75, 3.05) is 0 Å². The Morgan fingerprint density at radius 1 is 0.714 bits per heavy atom. The summed E-state index contributed by atoms with van der Waals surface area (Å²) in [6.07, 6.45) is 13.5. The van der Waals surface area contributed by atoms with Crippen LogP contribution >= 0.6 is 22.2 Å². The largest absolute Gasteiger partial charge is 0.280 e. The minimum atomic E-state index is -2.23. The summed E-state index contributed by atoms with van der Waals surface area (Å²) >= 11 is 13.2. The monoisotopic (exact) mass is 344 g/mol. The number of benzene rings is 1. The van der Waals surface area contributed by atoms with Crippen molar-refractivity contribution in [3.05, 3.63) is 30.3 Å². The van der Waals surface area contributed by atoms with E-state index in [1.165, 1.54) is 64.2 Å². The normalized spacial score (nSPS) is 11.8. The van der Waals surface area contributed by atoms with Crippen LogP contribution in [0.25, 0.3) is 0 Å². The summed E-state index contributed by atoms with van der Waals surface area (Å²) in [5.41, 5.74) is 0. The molecular weight excluding hydrogens is 315 g/mol. The predicted octanol–water partition coefficient (Wildman–Crippen LogP) is 6.73. The lowest BCUT2D eigenvalue weighted by atomic mass is 10.1. The van der Waals surface area contributed by atoms with Gasteiger partial charge in [0.05, 0.1) is 0 Å². The van der Waals surface area contributed by atoms with E-state index in [2.05, 4.69) is 19.1 Å². The van der Waals surface area contributed by atoms with Gasteiger partial charge in [0, 0.05) is 0 Å². The summed E-state index contributed by atoms with van der Waals surface area (Å²) in [5.74, 6) is 0. The topological polar surface area (TPSA) is 0 Å². The van der Waals surface area contributed by atoms with Crippen LogP contribution in [-0.4, -0.2) is 6.69 Å². The summed E-state index contributed by atoms with van der Waals surface area (Å²) in [6, 6.07) is 11.2. The molecule has 1 aromatic carbocycles. The summed E-state index contributed by atoms with van der Waals surface area (Å²) < 4.78 is 0. The molecule has 0 atom stereocenters. The fourth-order valence-corrected chi connectivity index (χ4v) is 5.88. The van der Waals surface area contributed by atoms with Crippen molar-refractivity contribution in [3.63, 3.8) is 0 Å². The molecule has 1 aromatic rings. The molecule has 0 saturated carbocycles. The van der Waals surface area contributed by atoms with E-state index in [0.29, 0.717) is 0 Å². The van der Waals surface area contributed by atoms with Crippen molar-refractivity contribution in [3.8, 4) is 0 Å². The highest BCUT2D eigenvalue weighted by molar-refractivity contribution is 7.50. The highest BCUT2D eigenvalue weighted by Gasteiger charge is 2.29. The van der Waals surface area contributed by atoms with Crippen molar-refractivity contribution in [2.24, 2.45) is 0 Å². The Labute approximate surface area is 141 Å². The molecule has 0 unspecified atom stereocenters. The van der Waals surface area contributed by atoms with Crippen molar-refractivity contribution in [1.29, 1.82) is 0 Å². The van der Waals surface area contributed by atoms with E-state index >= 15 is 0 Å². The number of rotatable bonds is 12. The molecule has 0 N–H and O–H groups in total. The first-order chi connectivity index (χ1) is 10.2. The van der Waals surface area contributed by atoms with E-state index < -0.39 is 6.69 Å². The van der Waals surface area contributed by atoms with Gasteiger partial charge in [-0.15, -0.1) is 22.2 Å². The molecule has 0 nitrogen and oxygen atoms in total. The average Bonchev–Trinajstić information content (AvgIpc) is 2.50. The van der Waals surface area contributed by atoms with Crippen LogP contribution in [0.15, 0.2) is 30.3 Å². The SMILES string of the molecule is CCCCCCCCCCCC[Si](Cl)(Cl)c1ccccc1. The Bertz CT molecular complexity index is 351. The van der Waals surface area contributed by atoms with Gasteiger partial charge in [0.25, 0.3) is 6.69 Å². The van der Waals surface area contributed by atoms with Gasteiger partial charge in [-0.25, -0.2) is 0 Å². The van der Waals surface area contributed by atoms with Crippen LogP contribution in [0, 0.1) is 0 Å². The smallest absolute Gasteiger partial charge is 0.140 e. The van der Waals surface area contributed by atoms with E-state index in [9.17, 15) is 0 Å². The van der Waals surface area contributed by atoms with E-state index in [1.54, 1.807) is 0 Å². The van der Waals surface area contributed by atoms with Crippen LogP contribution < -0.4 is 5.19 Å². The second-order valence-corrected chi connectivity index (χ2v) is 12.9. The average molecular weight is 345 g/mol. The third-order valence-corrected chi connectivity index (χ3v) is 8.64. The zero-order valence-corrected chi connectivity index (χ0v) is 15.9. The fraction of sp³-hybridized carbons (Fsp3) is 0.667. The molecule has 0 saturated heterocycles. The molecule has 0 aliphatic heterocycles. The quantitative estimate of drug-likeness (QED) is 0.224. The van der Waals surface area contributed by atoms with Gasteiger partial charge in [-0.3, -0.25) is 0 Å². The van der Waals surface area contributed by atoms with Crippen LogP contribution in [0.3, 0.4) is 0 Å². The van der Waals surface area contributed by atoms with Crippen LogP contribution in [0.4, 0.5) is 0 Å². The molecule has 0 aliphatic carbocycles. The standard InChI is InChI=1S/C18H30Cl2Si/c1-2-3-4-5-6-7-8-9-10-14-17-21(19,20)18-15-12-11-13-16-18/h11-13,15-16H,2-10,14,17H2,1H3. The van der Waals surface area contributed by atoms with Gasteiger partial charge in [-0.05, 0) is 11.2 Å². The first-order valence-electron chi connectivity index (χ1n) is 8.60. The second kappa shape index (κ2) is 11.6. The van der Waals surface area contributed by atoms with E-state index in [4.69, 9.17) is 22.2 Å². The summed E-state index contributed by atoms with van der Waals surface area (Å²) in [5, 5.41) is 1.16. The van der Waals surface area contributed by atoms with Gasteiger partial charge in [0.2, 0.25) is 0 Å². The molecule has 1 rings (SSSR count). The lowest BCUT2D eigenvalue weighted by molar-refractivity contribution is 0.562. The lowest BCUT2D eigenvalue weighted by Crippen LogP contribution is -2.35. The lowest BCUT2D eigenvalue weighted by Gasteiger charge is -2.16. The number of hydrogen-bond donors (Lipinski definition) is 0. The Morgan fingerprint density at radius 3 is 1.71 bits per heavy atom. The van der Waals surface area contributed by atoms with Gasteiger partial charge in [-0.1, -0.05) is 101 Å². The Balaban J connectivity index is 2.01. The molecule has 0 aliphatic rings. The summed E-state index contributed by atoms with van der Waals surface area (Å²) in [6.45, 7) is 0.0450. The van der Waals surface area contributed by atoms with Gasteiger partial charge >= 0.3 is 0 Å². The molecule has 0 radical (unpaired) electrons. The minimum absolute atomic E-state index is 0.983. The van der Waals surface area contributed by atoms with E-state index in [0.717, 1.165) is 11.2 Å². The number of hydrogen-bond acceptors (Lipinski definition) is 0. The molecular formula is C18H30Cl2Si. The second-order valence-electron chi connectivity index (χ2n) is 6.00.